The van der Waals surface area contributed by atoms with Crippen LogP contribution in [-0.4, -0.2) is 0 Å². The summed E-state index contributed by atoms with van der Waals surface area (Å²) in [6, 6.07) is 13.0. The third kappa shape index (κ3) is 3.66. The Balaban J connectivity index is 0. The van der Waals surface area contributed by atoms with Gasteiger partial charge in [0.1, 0.15) is 0 Å². The molecule has 0 spiro atoms. The number of hydrogen-bond acceptors (Lipinski definition) is 0. The summed E-state index contributed by atoms with van der Waals surface area (Å²) in [5, 5.41) is 0. The van der Waals surface area contributed by atoms with Gasteiger partial charge in [-0.3, -0.25) is 24.3 Å². The Labute approximate surface area is 73.5 Å². The molecule has 1 rings (SSSR count). The van der Waals surface area contributed by atoms with Crippen LogP contribution in [0.4, 0.5) is 0 Å². The van der Waals surface area contributed by atoms with Crippen LogP contribution in [0.15, 0.2) is 24.3 Å². The zero-order chi connectivity index (χ0) is 4.24. The van der Waals surface area contributed by atoms with Crippen molar-refractivity contribution >= 4 is 0 Å². The Bertz CT molecular complexity index is 80.5. The standard InChI is InChI=1S/C6H4.Ho.No/c1-2-4-6-5-3-1;;/h1-2,5-6H;;/q-2;;. The maximum Gasteiger partial charge on any atom is 0 e. The third-order valence-corrected chi connectivity index (χ3v) is 0.552. The summed E-state index contributed by atoms with van der Waals surface area (Å²) >= 11 is 0. The second-order valence-corrected chi connectivity index (χ2v) is 1.00. The van der Waals surface area contributed by atoms with Crippen molar-refractivity contribution in [3.8, 4) is 0 Å². The summed E-state index contributed by atoms with van der Waals surface area (Å²) in [4.78, 5) is 0. The minimum absolute atomic E-state index is 0. The van der Waals surface area contributed by atoms with Crippen molar-refractivity contribution in [2.75, 3.05) is 0 Å². The Hall–Kier alpha value is -0.520. The maximum absolute atomic E-state index is 2.86. The molecule has 0 amide bonds. The first-order valence-electron chi connectivity index (χ1n) is 1.82. The van der Waals surface area contributed by atoms with Gasteiger partial charge in [-0.1, -0.05) is 0 Å². The van der Waals surface area contributed by atoms with Gasteiger partial charge < -0.3 is 12.1 Å². The molecule has 55 valence electrons. The van der Waals surface area contributed by atoms with Crippen molar-refractivity contribution in [1.29, 1.82) is 0 Å². The summed E-state index contributed by atoms with van der Waals surface area (Å²) in [7, 11) is 0. The maximum atomic E-state index is 2.86. The Kier molecular flexibility index (Phi) is 8.47. The zero-order valence-electron chi connectivity index (χ0n) is 3.88. The summed E-state index contributed by atoms with van der Waals surface area (Å²) in [6.07, 6.45) is 0. The monoisotopic (exact) mass is 500 g/mol. The summed E-state index contributed by atoms with van der Waals surface area (Å²) in [6.45, 7) is 0. The molecule has 0 nitrogen and oxygen atoms in total. The van der Waals surface area contributed by atoms with Gasteiger partial charge in [0.2, 0.25) is 0 Å². The van der Waals surface area contributed by atoms with Crippen LogP contribution in [-0.2, 0) is 0 Å². The van der Waals surface area contributed by atoms with Crippen LogP contribution in [0.2, 0.25) is 0 Å². The van der Waals surface area contributed by atoms with Gasteiger partial charge in [0.15, 0.2) is 0 Å². The van der Waals surface area contributed by atoms with E-state index in [1.165, 1.54) is 0 Å². The van der Waals surface area contributed by atoms with Gasteiger partial charge in [0.05, 0.1) is 0 Å². The SMILES string of the molecule is [Ho].[No].[c-]1cc[c-]cc1. The Morgan fingerprint density at radius 2 is 1.00 bits per heavy atom. The first kappa shape index (κ1) is 10.5. The van der Waals surface area contributed by atoms with Gasteiger partial charge in [-0.2, -0.15) is 0 Å². The van der Waals surface area contributed by atoms with E-state index in [2.05, 4.69) is 12.1 Å². The Morgan fingerprint density at radius 3 is 1.12 bits per heavy atom. The van der Waals surface area contributed by atoms with Crippen LogP contribution in [0.3, 0.4) is 0 Å². The molecule has 1 radical (unpaired) electrons. The van der Waals surface area contributed by atoms with Crippen LogP contribution in [0, 0.1) is 49.9 Å². The molecule has 0 aromatic heterocycles. The topological polar surface area (TPSA) is 0 Å². The smallest absolute Gasteiger partial charge is 0 e. The molecular formula is C6H4HoNo-2. The molecule has 0 aliphatic carbocycles. The second kappa shape index (κ2) is 6.48. The molecule has 0 N–H and O–H groups in total. The second-order valence-electron chi connectivity index (χ2n) is 1.00. The van der Waals surface area contributed by atoms with E-state index >= 15 is 0 Å². The fourth-order valence-electron chi connectivity index (χ4n) is 0.304. The molecule has 0 atom stereocenters. The van der Waals surface area contributed by atoms with E-state index in [9.17, 15) is 0 Å². The fourth-order valence-corrected chi connectivity index (χ4v) is 0.304. The van der Waals surface area contributed by atoms with E-state index in [-0.39, 0.29) is 37.7 Å². The van der Waals surface area contributed by atoms with Gasteiger partial charge in [-0.25, -0.2) is 0 Å². The normalized spacial score (nSPS) is 6.00. The van der Waals surface area contributed by atoms with Gasteiger partial charge in [0, 0.05) is 37.7 Å². The van der Waals surface area contributed by atoms with Gasteiger partial charge >= 0.3 is 0 Å². The number of hydrogen-bond donors (Lipinski definition) is 0. The van der Waals surface area contributed by atoms with Crippen LogP contribution in [0.25, 0.3) is 0 Å². The first-order chi connectivity index (χ1) is 3.00. The molecule has 0 fully saturated rings. The van der Waals surface area contributed by atoms with Crippen LogP contribution in [0.1, 0.15) is 0 Å². The van der Waals surface area contributed by atoms with E-state index in [1.54, 1.807) is 0 Å². The molecule has 0 heterocycles. The predicted molar refractivity (Wildman–Crippen MR) is 24.1 cm³/mol. The average molecular weight is 500 g/mol. The largest absolute Gasteiger partial charge is 0.319 e. The molecule has 0 saturated carbocycles. The molecule has 1 aromatic carbocycles. The molecule has 0 bridgehead atoms. The summed E-state index contributed by atoms with van der Waals surface area (Å²) in [5.74, 6) is 0. The molecule has 0 saturated heterocycles. The number of benzene rings is 1. The van der Waals surface area contributed by atoms with Crippen molar-refractivity contribution in [1.82, 2.24) is 0 Å². The average Bonchev–Trinajstić information content (AvgIpc) is 1.72. The minimum atomic E-state index is 0. The third-order valence-electron chi connectivity index (χ3n) is 0.552. The van der Waals surface area contributed by atoms with Gasteiger partial charge in [-0.15, -0.1) is 0 Å². The minimum Gasteiger partial charge on any atom is -0.319 e. The van der Waals surface area contributed by atoms with E-state index < -0.39 is 0 Å². The van der Waals surface area contributed by atoms with E-state index in [1.807, 2.05) is 24.3 Å². The van der Waals surface area contributed by atoms with Crippen molar-refractivity contribution in [2.24, 2.45) is 0 Å². The summed E-state index contributed by atoms with van der Waals surface area (Å²) < 4.78 is 0. The molecule has 0 aliphatic heterocycles. The molecule has 1 aromatic rings. The van der Waals surface area contributed by atoms with E-state index in [4.69, 9.17) is 0 Å². The molecule has 8 heavy (non-hydrogen) atoms. The molecular weight excluding hydrogens is 496 g/mol. The Morgan fingerprint density at radius 1 is 0.750 bits per heavy atom. The van der Waals surface area contributed by atoms with Crippen molar-refractivity contribution < 1.29 is 37.7 Å². The fraction of sp³-hybridized carbons (Fsp3) is 0. The van der Waals surface area contributed by atoms with Crippen LogP contribution < -0.4 is 0 Å². The van der Waals surface area contributed by atoms with E-state index in [0.717, 1.165) is 0 Å². The van der Waals surface area contributed by atoms with E-state index in [0.29, 0.717) is 0 Å². The molecule has 2 heteroatoms. The van der Waals surface area contributed by atoms with Gasteiger partial charge in [0.25, 0.3) is 0 Å². The number of rotatable bonds is 0. The van der Waals surface area contributed by atoms with Crippen molar-refractivity contribution in [3.05, 3.63) is 36.4 Å². The van der Waals surface area contributed by atoms with Crippen molar-refractivity contribution in [2.45, 2.75) is 0 Å². The summed E-state index contributed by atoms with van der Waals surface area (Å²) in [5.41, 5.74) is 0. The zero-order valence-corrected chi connectivity index (χ0v) is 8.04. The molecule has 0 unspecified atom stereocenters. The first-order valence-corrected chi connectivity index (χ1v) is 1.82. The van der Waals surface area contributed by atoms with Crippen LogP contribution >= 0.6 is 0 Å². The quantitative estimate of drug-likeness (QED) is 0.373. The van der Waals surface area contributed by atoms with Gasteiger partial charge in [-0.05, 0) is 0 Å². The predicted octanol–water partition coefficient (Wildman–Crippen LogP) is 1.29. The molecule has 0 aliphatic rings. The van der Waals surface area contributed by atoms with Crippen LogP contribution in [0.5, 0.6) is 0 Å². The van der Waals surface area contributed by atoms with Crippen molar-refractivity contribution in [3.63, 3.8) is 0 Å².